The van der Waals surface area contributed by atoms with Crippen molar-refractivity contribution < 1.29 is 0 Å². The van der Waals surface area contributed by atoms with Crippen LogP contribution in [0.5, 0.6) is 0 Å². The summed E-state index contributed by atoms with van der Waals surface area (Å²) < 4.78 is 0. The molecular formula is C13H22N4. The third-order valence-corrected chi connectivity index (χ3v) is 3.51. The molecule has 0 bridgehead atoms. The van der Waals surface area contributed by atoms with E-state index in [1.165, 1.54) is 25.8 Å². The number of nitrogen functional groups attached to an aromatic ring is 1. The van der Waals surface area contributed by atoms with Crippen LogP contribution in [0.25, 0.3) is 0 Å². The van der Waals surface area contributed by atoms with Gasteiger partial charge < -0.3 is 5.73 Å². The summed E-state index contributed by atoms with van der Waals surface area (Å²) in [5, 5.41) is 8.10. The lowest BCUT2D eigenvalue weighted by molar-refractivity contribution is 0.111. The average molecular weight is 234 g/mol. The van der Waals surface area contributed by atoms with Crippen molar-refractivity contribution in [2.75, 3.05) is 12.3 Å². The van der Waals surface area contributed by atoms with E-state index < -0.39 is 0 Å². The highest BCUT2D eigenvalue weighted by atomic mass is 15.2. The predicted molar refractivity (Wildman–Crippen MR) is 69.6 cm³/mol. The Balaban J connectivity index is 2.05. The van der Waals surface area contributed by atoms with E-state index in [1.54, 1.807) is 6.20 Å². The van der Waals surface area contributed by atoms with Gasteiger partial charge in [-0.15, -0.1) is 0 Å². The Labute approximate surface area is 103 Å². The second-order valence-corrected chi connectivity index (χ2v) is 5.17. The van der Waals surface area contributed by atoms with Crippen LogP contribution in [-0.2, 0) is 6.42 Å². The van der Waals surface area contributed by atoms with Crippen LogP contribution in [0.3, 0.4) is 0 Å². The van der Waals surface area contributed by atoms with Crippen LogP contribution in [0.4, 0.5) is 5.69 Å². The molecule has 1 fully saturated rings. The summed E-state index contributed by atoms with van der Waals surface area (Å²) >= 11 is 0. The van der Waals surface area contributed by atoms with E-state index in [0.29, 0.717) is 17.8 Å². The molecule has 2 heterocycles. The Hall–Kier alpha value is -1.16. The largest absolute Gasteiger partial charge is 0.397 e. The fraction of sp³-hybridized carbons (Fsp3) is 0.692. The number of anilines is 1. The van der Waals surface area contributed by atoms with Crippen LogP contribution in [0.15, 0.2) is 12.3 Å². The first-order chi connectivity index (χ1) is 8.16. The quantitative estimate of drug-likeness (QED) is 0.867. The molecule has 0 spiro atoms. The second kappa shape index (κ2) is 5.45. The summed E-state index contributed by atoms with van der Waals surface area (Å²) in [4.78, 5) is 2.58. The lowest BCUT2D eigenvalue weighted by Gasteiger charge is -2.38. The molecule has 0 amide bonds. The highest BCUT2D eigenvalue weighted by molar-refractivity contribution is 5.34. The molecule has 94 valence electrons. The molecule has 0 saturated carbocycles. The lowest BCUT2D eigenvalue weighted by Crippen LogP contribution is -2.45. The van der Waals surface area contributed by atoms with Crippen LogP contribution in [0.2, 0.25) is 0 Å². The number of hydrogen-bond donors (Lipinski definition) is 1. The van der Waals surface area contributed by atoms with Gasteiger partial charge in [-0.05, 0) is 39.3 Å². The van der Waals surface area contributed by atoms with Crippen LogP contribution in [0, 0.1) is 0 Å². The first-order valence-corrected chi connectivity index (χ1v) is 6.49. The van der Waals surface area contributed by atoms with Gasteiger partial charge in [-0.2, -0.15) is 10.2 Å². The van der Waals surface area contributed by atoms with Crippen LogP contribution < -0.4 is 5.73 Å². The summed E-state index contributed by atoms with van der Waals surface area (Å²) in [7, 11) is 0. The average Bonchev–Trinajstić information content (AvgIpc) is 2.29. The predicted octanol–water partition coefficient (Wildman–Crippen LogP) is 1.86. The smallest absolute Gasteiger partial charge is 0.0726 e. The van der Waals surface area contributed by atoms with E-state index >= 15 is 0 Å². The minimum atomic E-state index is 0.597. The first kappa shape index (κ1) is 12.3. The topological polar surface area (TPSA) is 55.0 Å². The Kier molecular flexibility index (Phi) is 3.94. The van der Waals surface area contributed by atoms with E-state index in [1.807, 2.05) is 6.07 Å². The van der Waals surface area contributed by atoms with Gasteiger partial charge in [0, 0.05) is 18.5 Å². The molecule has 17 heavy (non-hydrogen) atoms. The van der Waals surface area contributed by atoms with Crippen molar-refractivity contribution in [2.24, 2.45) is 0 Å². The van der Waals surface area contributed by atoms with E-state index in [9.17, 15) is 0 Å². The molecule has 1 aromatic rings. The van der Waals surface area contributed by atoms with Gasteiger partial charge >= 0.3 is 0 Å². The molecule has 2 rings (SSSR count). The molecule has 1 aliphatic rings. The van der Waals surface area contributed by atoms with Gasteiger partial charge in [0.1, 0.15) is 0 Å². The van der Waals surface area contributed by atoms with Crippen LogP contribution in [0.1, 0.15) is 38.8 Å². The molecule has 1 saturated heterocycles. The second-order valence-electron chi connectivity index (χ2n) is 5.17. The highest BCUT2D eigenvalue weighted by Gasteiger charge is 2.24. The fourth-order valence-corrected chi connectivity index (χ4v) is 2.69. The molecule has 1 unspecified atom stereocenters. The van der Waals surface area contributed by atoms with Gasteiger partial charge in [-0.3, -0.25) is 4.90 Å². The monoisotopic (exact) mass is 234 g/mol. The molecule has 4 heteroatoms. The Bertz CT molecular complexity index is 364. The van der Waals surface area contributed by atoms with E-state index in [0.717, 1.165) is 12.1 Å². The molecule has 0 aliphatic carbocycles. The summed E-state index contributed by atoms with van der Waals surface area (Å²) in [6.45, 7) is 5.74. The number of piperidine rings is 1. The minimum Gasteiger partial charge on any atom is -0.397 e. The molecular weight excluding hydrogens is 212 g/mol. The number of rotatable bonds is 3. The molecule has 4 nitrogen and oxygen atoms in total. The number of hydrogen-bond acceptors (Lipinski definition) is 4. The van der Waals surface area contributed by atoms with Crippen LogP contribution >= 0.6 is 0 Å². The number of likely N-dealkylation sites (tertiary alicyclic amines) is 1. The number of nitrogens with zero attached hydrogens (tertiary/aromatic N) is 3. The normalized spacial score (nSPS) is 21.9. The van der Waals surface area contributed by atoms with Gasteiger partial charge in [0.15, 0.2) is 0 Å². The van der Waals surface area contributed by atoms with Crippen molar-refractivity contribution in [3.05, 3.63) is 18.0 Å². The lowest BCUT2D eigenvalue weighted by atomic mass is 9.96. The first-order valence-electron chi connectivity index (χ1n) is 6.49. The standard InChI is InChI=1S/C13H22N4/c1-10(2)17-6-4-3-5-13(17)8-12-7-11(14)9-15-16-12/h7,9-10,13H,3-6,8H2,1-2H3,(H2,14,16). The maximum absolute atomic E-state index is 5.74. The zero-order valence-corrected chi connectivity index (χ0v) is 10.8. The van der Waals surface area contributed by atoms with Crippen molar-refractivity contribution in [3.8, 4) is 0 Å². The van der Waals surface area contributed by atoms with Gasteiger partial charge in [-0.25, -0.2) is 0 Å². The van der Waals surface area contributed by atoms with E-state index in [4.69, 9.17) is 5.73 Å². The zero-order valence-electron chi connectivity index (χ0n) is 10.8. The highest BCUT2D eigenvalue weighted by Crippen LogP contribution is 2.22. The van der Waals surface area contributed by atoms with Gasteiger partial charge in [-0.1, -0.05) is 6.42 Å². The van der Waals surface area contributed by atoms with Crippen molar-refractivity contribution in [1.82, 2.24) is 15.1 Å². The molecule has 2 N–H and O–H groups in total. The van der Waals surface area contributed by atoms with Gasteiger partial charge in [0.25, 0.3) is 0 Å². The summed E-state index contributed by atoms with van der Waals surface area (Å²) in [6.07, 6.45) is 6.47. The zero-order chi connectivity index (χ0) is 12.3. The van der Waals surface area contributed by atoms with Gasteiger partial charge in [0.05, 0.1) is 17.6 Å². The Morgan fingerprint density at radius 2 is 2.29 bits per heavy atom. The maximum atomic E-state index is 5.74. The third kappa shape index (κ3) is 3.16. The minimum absolute atomic E-state index is 0.597. The summed E-state index contributed by atoms with van der Waals surface area (Å²) in [6, 6.07) is 3.15. The molecule has 1 aromatic heterocycles. The number of aromatic nitrogens is 2. The van der Waals surface area contributed by atoms with Crippen molar-refractivity contribution in [1.29, 1.82) is 0 Å². The molecule has 0 aromatic carbocycles. The Morgan fingerprint density at radius 3 is 3.00 bits per heavy atom. The molecule has 0 radical (unpaired) electrons. The van der Waals surface area contributed by atoms with Crippen molar-refractivity contribution >= 4 is 5.69 Å². The third-order valence-electron chi connectivity index (χ3n) is 3.51. The van der Waals surface area contributed by atoms with E-state index in [-0.39, 0.29) is 0 Å². The SMILES string of the molecule is CC(C)N1CCCCC1Cc1cc(N)cnn1. The van der Waals surface area contributed by atoms with Crippen LogP contribution in [-0.4, -0.2) is 33.7 Å². The van der Waals surface area contributed by atoms with Crippen molar-refractivity contribution in [2.45, 2.75) is 51.6 Å². The molecule has 1 aliphatic heterocycles. The summed E-state index contributed by atoms with van der Waals surface area (Å²) in [5.41, 5.74) is 7.47. The summed E-state index contributed by atoms with van der Waals surface area (Å²) in [5.74, 6) is 0. The van der Waals surface area contributed by atoms with E-state index in [2.05, 4.69) is 28.9 Å². The maximum Gasteiger partial charge on any atom is 0.0726 e. The van der Waals surface area contributed by atoms with Crippen molar-refractivity contribution in [3.63, 3.8) is 0 Å². The molecule has 1 atom stereocenters. The number of nitrogens with two attached hydrogens (primary N) is 1. The van der Waals surface area contributed by atoms with Gasteiger partial charge in [0.2, 0.25) is 0 Å². The Morgan fingerprint density at radius 1 is 1.47 bits per heavy atom. The fourth-order valence-electron chi connectivity index (χ4n) is 2.69.